The standard InChI is InChI=1S/C11H17FN2O/c1-3-11(4-2,8-15)14-9-5-6-13-10(12)7-9/h5-7,15H,3-4,8H2,1-2H3,(H,13,14). The van der Waals surface area contributed by atoms with Gasteiger partial charge in [-0.2, -0.15) is 4.39 Å². The number of nitrogens with zero attached hydrogens (tertiary/aromatic N) is 1. The number of hydrogen-bond donors (Lipinski definition) is 2. The molecule has 0 fully saturated rings. The summed E-state index contributed by atoms with van der Waals surface area (Å²) in [5.74, 6) is -0.515. The van der Waals surface area contributed by atoms with Gasteiger partial charge in [0.15, 0.2) is 0 Å². The van der Waals surface area contributed by atoms with Crippen LogP contribution in [-0.2, 0) is 0 Å². The summed E-state index contributed by atoms with van der Waals surface area (Å²) >= 11 is 0. The first-order valence-corrected chi connectivity index (χ1v) is 5.16. The summed E-state index contributed by atoms with van der Waals surface area (Å²) in [6, 6.07) is 3.02. The summed E-state index contributed by atoms with van der Waals surface area (Å²) in [6.45, 7) is 4.01. The van der Waals surface area contributed by atoms with Crippen LogP contribution in [0, 0.1) is 5.95 Å². The molecular formula is C11H17FN2O. The normalized spacial score (nSPS) is 11.5. The van der Waals surface area contributed by atoms with Crippen LogP contribution >= 0.6 is 0 Å². The second kappa shape index (κ2) is 5.07. The molecule has 1 heterocycles. The van der Waals surface area contributed by atoms with Crippen molar-refractivity contribution in [3.05, 3.63) is 24.3 Å². The lowest BCUT2D eigenvalue weighted by Gasteiger charge is -2.31. The number of hydrogen-bond acceptors (Lipinski definition) is 3. The Hall–Kier alpha value is -1.16. The summed E-state index contributed by atoms with van der Waals surface area (Å²) in [6.07, 6.45) is 2.97. The summed E-state index contributed by atoms with van der Waals surface area (Å²) in [4.78, 5) is 3.48. The van der Waals surface area contributed by atoms with E-state index in [1.165, 1.54) is 12.3 Å². The Balaban J connectivity index is 2.82. The number of aromatic nitrogens is 1. The van der Waals surface area contributed by atoms with Gasteiger partial charge in [0.25, 0.3) is 0 Å². The van der Waals surface area contributed by atoms with E-state index in [0.717, 1.165) is 12.8 Å². The molecule has 15 heavy (non-hydrogen) atoms. The van der Waals surface area contributed by atoms with E-state index in [2.05, 4.69) is 10.3 Å². The van der Waals surface area contributed by atoms with Crippen LogP contribution in [0.5, 0.6) is 0 Å². The van der Waals surface area contributed by atoms with Gasteiger partial charge in [-0.1, -0.05) is 13.8 Å². The fourth-order valence-electron chi connectivity index (χ4n) is 1.48. The third-order valence-corrected chi connectivity index (χ3v) is 2.79. The van der Waals surface area contributed by atoms with Crippen molar-refractivity contribution in [3.8, 4) is 0 Å². The summed E-state index contributed by atoms with van der Waals surface area (Å²) in [5, 5.41) is 12.5. The van der Waals surface area contributed by atoms with E-state index >= 15 is 0 Å². The van der Waals surface area contributed by atoms with Crippen LogP contribution in [0.2, 0.25) is 0 Å². The van der Waals surface area contributed by atoms with E-state index in [-0.39, 0.29) is 12.1 Å². The largest absolute Gasteiger partial charge is 0.394 e. The van der Waals surface area contributed by atoms with Gasteiger partial charge >= 0.3 is 0 Å². The van der Waals surface area contributed by atoms with Gasteiger partial charge in [-0.3, -0.25) is 0 Å². The number of anilines is 1. The molecule has 0 bridgehead atoms. The first kappa shape index (κ1) is 11.9. The molecule has 0 aliphatic heterocycles. The average molecular weight is 212 g/mol. The van der Waals surface area contributed by atoms with E-state index in [1.54, 1.807) is 6.07 Å². The zero-order valence-corrected chi connectivity index (χ0v) is 9.13. The predicted octanol–water partition coefficient (Wildman–Crippen LogP) is 2.18. The number of halogens is 1. The molecule has 0 aliphatic carbocycles. The van der Waals surface area contributed by atoms with Crippen molar-refractivity contribution in [2.75, 3.05) is 11.9 Å². The third-order valence-electron chi connectivity index (χ3n) is 2.79. The lowest BCUT2D eigenvalue weighted by atomic mass is 9.93. The highest BCUT2D eigenvalue weighted by Gasteiger charge is 2.24. The molecule has 2 N–H and O–H groups in total. The Bertz CT molecular complexity index is 305. The van der Waals surface area contributed by atoms with Crippen LogP contribution in [0.25, 0.3) is 0 Å². The van der Waals surface area contributed by atoms with Gasteiger partial charge in [0.05, 0.1) is 12.1 Å². The van der Waals surface area contributed by atoms with E-state index < -0.39 is 5.95 Å². The monoisotopic (exact) mass is 212 g/mol. The van der Waals surface area contributed by atoms with Gasteiger partial charge in [0, 0.05) is 18.0 Å². The van der Waals surface area contributed by atoms with E-state index in [0.29, 0.717) is 5.69 Å². The highest BCUT2D eigenvalue weighted by molar-refractivity contribution is 5.44. The van der Waals surface area contributed by atoms with Crippen LogP contribution in [0.15, 0.2) is 18.3 Å². The highest BCUT2D eigenvalue weighted by Crippen LogP contribution is 2.21. The lowest BCUT2D eigenvalue weighted by Crippen LogP contribution is -2.40. The Morgan fingerprint density at radius 1 is 1.47 bits per heavy atom. The second-order valence-corrected chi connectivity index (χ2v) is 3.64. The van der Waals surface area contributed by atoms with E-state index in [9.17, 15) is 9.50 Å². The minimum absolute atomic E-state index is 0.0317. The van der Waals surface area contributed by atoms with Crippen LogP contribution in [0.1, 0.15) is 26.7 Å². The molecule has 4 heteroatoms. The number of nitrogens with one attached hydrogen (secondary N) is 1. The Morgan fingerprint density at radius 2 is 2.13 bits per heavy atom. The lowest BCUT2D eigenvalue weighted by molar-refractivity contribution is 0.202. The molecule has 1 rings (SSSR count). The fourth-order valence-corrected chi connectivity index (χ4v) is 1.48. The maximum Gasteiger partial charge on any atom is 0.214 e. The molecule has 3 nitrogen and oxygen atoms in total. The van der Waals surface area contributed by atoms with Gasteiger partial charge in [-0.05, 0) is 18.9 Å². The molecule has 0 saturated carbocycles. The molecular weight excluding hydrogens is 195 g/mol. The molecule has 0 aliphatic rings. The van der Waals surface area contributed by atoms with E-state index in [4.69, 9.17) is 0 Å². The van der Waals surface area contributed by atoms with Crippen molar-refractivity contribution in [3.63, 3.8) is 0 Å². The number of aliphatic hydroxyl groups excluding tert-OH is 1. The zero-order chi connectivity index (χ0) is 11.3. The molecule has 0 aromatic carbocycles. The smallest absolute Gasteiger partial charge is 0.214 e. The van der Waals surface area contributed by atoms with Crippen LogP contribution < -0.4 is 5.32 Å². The summed E-state index contributed by atoms with van der Waals surface area (Å²) < 4.78 is 12.8. The highest BCUT2D eigenvalue weighted by atomic mass is 19.1. The molecule has 0 amide bonds. The minimum atomic E-state index is -0.515. The Morgan fingerprint density at radius 3 is 2.60 bits per heavy atom. The van der Waals surface area contributed by atoms with Crippen molar-refractivity contribution < 1.29 is 9.50 Å². The molecule has 0 spiro atoms. The van der Waals surface area contributed by atoms with Gasteiger partial charge in [0.1, 0.15) is 0 Å². The van der Waals surface area contributed by atoms with Gasteiger partial charge in [-0.15, -0.1) is 0 Å². The molecule has 1 aromatic rings. The summed E-state index contributed by atoms with van der Waals surface area (Å²) in [5.41, 5.74) is 0.286. The van der Waals surface area contributed by atoms with Crippen molar-refractivity contribution in [1.29, 1.82) is 0 Å². The molecule has 0 unspecified atom stereocenters. The van der Waals surface area contributed by atoms with Crippen LogP contribution in [0.4, 0.5) is 10.1 Å². The molecule has 1 aromatic heterocycles. The van der Waals surface area contributed by atoms with Crippen LogP contribution in [-0.4, -0.2) is 22.2 Å². The van der Waals surface area contributed by atoms with Crippen molar-refractivity contribution in [1.82, 2.24) is 4.98 Å². The average Bonchev–Trinajstić information content (AvgIpc) is 2.26. The minimum Gasteiger partial charge on any atom is -0.394 e. The van der Waals surface area contributed by atoms with Crippen LogP contribution in [0.3, 0.4) is 0 Å². The van der Waals surface area contributed by atoms with Gasteiger partial charge in [0.2, 0.25) is 5.95 Å². The van der Waals surface area contributed by atoms with Crippen molar-refractivity contribution in [2.45, 2.75) is 32.2 Å². The maximum absolute atomic E-state index is 12.8. The number of pyridine rings is 1. The van der Waals surface area contributed by atoms with E-state index in [1.807, 2.05) is 13.8 Å². The Kier molecular flexibility index (Phi) is 4.03. The topological polar surface area (TPSA) is 45.1 Å². The van der Waals surface area contributed by atoms with Crippen molar-refractivity contribution in [2.24, 2.45) is 0 Å². The predicted molar refractivity (Wildman–Crippen MR) is 58.2 cm³/mol. The Labute approximate surface area is 89.4 Å². The number of aliphatic hydroxyl groups is 1. The van der Waals surface area contributed by atoms with Gasteiger partial charge < -0.3 is 10.4 Å². The third kappa shape index (κ3) is 2.89. The second-order valence-electron chi connectivity index (χ2n) is 3.64. The fraction of sp³-hybridized carbons (Fsp3) is 0.545. The quantitative estimate of drug-likeness (QED) is 0.735. The molecule has 0 radical (unpaired) electrons. The summed E-state index contributed by atoms with van der Waals surface area (Å²) in [7, 11) is 0. The zero-order valence-electron chi connectivity index (χ0n) is 9.13. The first-order valence-electron chi connectivity index (χ1n) is 5.16. The van der Waals surface area contributed by atoms with Crippen molar-refractivity contribution >= 4 is 5.69 Å². The maximum atomic E-state index is 12.8. The molecule has 0 saturated heterocycles. The first-order chi connectivity index (χ1) is 7.15. The number of rotatable bonds is 5. The molecule has 84 valence electrons. The SMILES string of the molecule is CCC(CC)(CO)Nc1ccnc(F)c1. The molecule has 0 atom stereocenters. The van der Waals surface area contributed by atoms with Gasteiger partial charge in [-0.25, -0.2) is 4.98 Å².